The lowest BCUT2D eigenvalue weighted by Gasteiger charge is -2.26. The van der Waals surface area contributed by atoms with Crippen LogP contribution in [0, 0.1) is 0 Å². The van der Waals surface area contributed by atoms with Crippen molar-refractivity contribution in [2.75, 3.05) is 13.1 Å². The van der Waals surface area contributed by atoms with Crippen LogP contribution in [0.4, 0.5) is 0 Å². The van der Waals surface area contributed by atoms with Crippen molar-refractivity contribution >= 4 is 5.91 Å². The SMILES string of the molecule is Cn1cccc1C(=O)NCCNC1CCC1. The number of aromatic nitrogens is 1. The molecule has 0 aromatic carbocycles. The van der Waals surface area contributed by atoms with Gasteiger partial charge in [0.25, 0.3) is 5.91 Å². The minimum absolute atomic E-state index is 0.00269. The molecular formula is C12H19N3O. The molecule has 0 unspecified atom stereocenters. The van der Waals surface area contributed by atoms with Gasteiger partial charge in [-0.25, -0.2) is 0 Å². The highest BCUT2D eigenvalue weighted by Crippen LogP contribution is 2.17. The number of nitrogens with one attached hydrogen (secondary N) is 2. The fourth-order valence-corrected chi connectivity index (χ4v) is 1.85. The van der Waals surface area contributed by atoms with Gasteiger partial charge in [-0.15, -0.1) is 0 Å². The maximum atomic E-state index is 11.7. The topological polar surface area (TPSA) is 46.1 Å². The van der Waals surface area contributed by atoms with Crippen molar-refractivity contribution in [3.63, 3.8) is 0 Å². The van der Waals surface area contributed by atoms with Gasteiger partial charge in [-0.1, -0.05) is 6.42 Å². The van der Waals surface area contributed by atoms with E-state index in [0.717, 1.165) is 6.54 Å². The first kappa shape index (κ1) is 11.2. The van der Waals surface area contributed by atoms with Crippen LogP contribution in [0.15, 0.2) is 18.3 Å². The summed E-state index contributed by atoms with van der Waals surface area (Å²) >= 11 is 0. The maximum Gasteiger partial charge on any atom is 0.267 e. The first-order valence-corrected chi connectivity index (χ1v) is 5.90. The van der Waals surface area contributed by atoms with E-state index in [9.17, 15) is 4.79 Å². The third-order valence-electron chi connectivity index (χ3n) is 3.13. The van der Waals surface area contributed by atoms with Crippen LogP contribution in [0.2, 0.25) is 0 Å². The smallest absolute Gasteiger partial charge is 0.267 e. The lowest BCUT2D eigenvalue weighted by molar-refractivity contribution is 0.0945. The Kier molecular flexibility index (Phi) is 3.62. The number of nitrogens with zero attached hydrogens (tertiary/aromatic N) is 1. The van der Waals surface area contributed by atoms with Crippen LogP contribution >= 0.6 is 0 Å². The molecule has 2 N–H and O–H groups in total. The molecule has 0 aliphatic heterocycles. The Bertz CT molecular complexity index is 355. The summed E-state index contributed by atoms with van der Waals surface area (Å²) in [5.74, 6) is 0.00269. The van der Waals surface area contributed by atoms with E-state index < -0.39 is 0 Å². The van der Waals surface area contributed by atoms with E-state index in [-0.39, 0.29) is 5.91 Å². The second-order valence-electron chi connectivity index (χ2n) is 4.34. The zero-order valence-electron chi connectivity index (χ0n) is 9.70. The number of hydrogen-bond donors (Lipinski definition) is 2. The molecule has 1 saturated carbocycles. The van der Waals surface area contributed by atoms with Crippen molar-refractivity contribution in [1.29, 1.82) is 0 Å². The average Bonchev–Trinajstić information content (AvgIpc) is 2.61. The Morgan fingerprint density at radius 3 is 2.88 bits per heavy atom. The minimum atomic E-state index is 0.00269. The number of carbonyl (C=O) groups is 1. The molecule has 1 heterocycles. The summed E-state index contributed by atoms with van der Waals surface area (Å²) in [6, 6.07) is 4.39. The Morgan fingerprint density at radius 2 is 2.31 bits per heavy atom. The number of amides is 1. The summed E-state index contributed by atoms with van der Waals surface area (Å²) in [5, 5.41) is 6.32. The van der Waals surface area contributed by atoms with Crippen LogP contribution in [-0.2, 0) is 7.05 Å². The van der Waals surface area contributed by atoms with Crippen molar-refractivity contribution in [3.05, 3.63) is 24.0 Å². The molecule has 1 aliphatic carbocycles. The third-order valence-corrected chi connectivity index (χ3v) is 3.13. The second kappa shape index (κ2) is 5.16. The quantitative estimate of drug-likeness (QED) is 0.726. The lowest BCUT2D eigenvalue weighted by atomic mass is 9.93. The van der Waals surface area contributed by atoms with Crippen molar-refractivity contribution in [1.82, 2.24) is 15.2 Å². The van der Waals surface area contributed by atoms with Gasteiger partial charge >= 0.3 is 0 Å². The molecule has 2 rings (SSSR count). The largest absolute Gasteiger partial charge is 0.349 e. The van der Waals surface area contributed by atoms with E-state index in [1.165, 1.54) is 19.3 Å². The molecule has 0 bridgehead atoms. The molecule has 0 spiro atoms. The van der Waals surface area contributed by atoms with Crippen molar-refractivity contribution < 1.29 is 4.79 Å². The van der Waals surface area contributed by atoms with Crippen LogP contribution in [0.25, 0.3) is 0 Å². The van der Waals surface area contributed by atoms with Gasteiger partial charge in [-0.05, 0) is 25.0 Å². The van der Waals surface area contributed by atoms with E-state index in [0.29, 0.717) is 18.3 Å². The summed E-state index contributed by atoms with van der Waals surface area (Å²) in [5.41, 5.74) is 0.712. The highest BCUT2D eigenvalue weighted by Gasteiger charge is 2.15. The molecule has 0 radical (unpaired) electrons. The molecule has 0 saturated heterocycles. The number of carbonyl (C=O) groups excluding carboxylic acids is 1. The van der Waals surface area contributed by atoms with Crippen LogP contribution in [0.3, 0.4) is 0 Å². The average molecular weight is 221 g/mol. The highest BCUT2D eigenvalue weighted by atomic mass is 16.1. The molecule has 1 aromatic rings. The molecule has 0 atom stereocenters. The fourth-order valence-electron chi connectivity index (χ4n) is 1.85. The summed E-state index contributed by atoms with van der Waals surface area (Å²) in [6.45, 7) is 1.56. The predicted molar refractivity (Wildman–Crippen MR) is 63.4 cm³/mol. The van der Waals surface area contributed by atoms with Gasteiger partial charge in [0.05, 0.1) is 0 Å². The Balaban J connectivity index is 1.65. The van der Waals surface area contributed by atoms with Crippen molar-refractivity contribution in [2.45, 2.75) is 25.3 Å². The van der Waals surface area contributed by atoms with Crippen LogP contribution in [0.5, 0.6) is 0 Å². The third kappa shape index (κ3) is 2.64. The van der Waals surface area contributed by atoms with E-state index in [1.807, 2.05) is 29.9 Å². The number of aryl methyl sites for hydroxylation is 1. The Morgan fingerprint density at radius 1 is 1.50 bits per heavy atom. The molecule has 88 valence electrons. The molecule has 4 heteroatoms. The first-order chi connectivity index (χ1) is 7.77. The molecule has 1 aliphatic rings. The maximum absolute atomic E-state index is 11.7. The van der Waals surface area contributed by atoms with Gasteiger partial charge in [0.15, 0.2) is 0 Å². The van der Waals surface area contributed by atoms with Gasteiger partial charge in [-0.3, -0.25) is 4.79 Å². The highest BCUT2D eigenvalue weighted by molar-refractivity contribution is 5.92. The van der Waals surface area contributed by atoms with Crippen LogP contribution in [-0.4, -0.2) is 29.6 Å². The van der Waals surface area contributed by atoms with Crippen molar-refractivity contribution in [2.24, 2.45) is 7.05 Å². The van der Waals surface area contributed by atoms with E-state index >= 15 is 0 Å². The van der Waals surface area contributed by atoms with E-state index in [4.69, 9.17) is 0 Å². The molecule has 4 nitrogen and oxygen atoms in total. The van der Waals surface area contributed by atoms with Gasteiger partial charge < -0.3 is 15.2 Å². The first-order valence-electron chi connectivity index (χ1n) is 5.90. The molecule has 1 fully saturated rings. The predicted octanol–water partition coefficient (Wildman–Crippen LogP) is 0.897. The van der Waals surface area contributed by atoms with Crippen LogP contribution < -0.4 is 10.6 Å². The molecule has 16 heavy (non-hydrogen) atoms. The monoisotopic (exact) mass is 221 g/mol. The molecular weight excluding hydrogens is 202 g/mol. The lowest BCUT2D eigenvalue weighted by Crippen LogP contribution is -2.40. The minimum Gasteiger partial charge on any atom is -0.349 e. The van der Waals surface area contributed by atoms with Gasteiger partial charge in [0, 0.05) is 32.4 Å². The van der Waals surface area contributed by atoms with Crippen molar-refractivity contribution in [3.8, 4) is 0 Å². The van der Waals surface area contributed by atoms with Gasteiger partial charge in [0.1, 0.15) is 5.69 Å². The Hall–Kier alpha value is -1.29. The molecule has 1 aromatic heterocycles. The number of rotatable bonds is 5. The van der Waals surface area contributed by atoms with Gasteiger partial charge in [-0.2, -0.15) is 0 Å². The van der Waals surface area contributed by atoms with Gasteiger partial charge in [0.2, 0.25) is 0 Å². The summed E-state index contributed by atoms with van der Waals surface area (Å²) in [7, 11) is 1.88. The molecule has 1 amide bonds. The van der Waals surface area contributed by atoms with Crippen LogP contribution in [0.1, 0.15) is 29.8 Å². The fraction of sp³-hybridized carbons (Fsp3) is 0.583. The summed E-state index contributed by atoms with van der Waals surface area (Å²) in [6.07, 6.45) is 5.78. The Labute approximate surface area is 96.0 Å². The zero-order valence-corrected chi connectivity index (χ0v) is 9.70. The number of hydrogen-bond acceptors (Lipinski definition) is 2. The normalized spacial score (nSPS) is 15.8. The summed E-state index contributed by atoms with van der Waals surface area (Å²) in [4.78, 5) is 11.7. The van der Waals surface area contributed by atoms with E-state index in [1.54, 1.807) is 0 Å². The summed E-state index contributed by atoms with van der Waals surface area (Å²) < 4.78 is 1.83. The standard InChI is InChI=1S/C12H19N3O/c1-15-9-3-6-11(15)12(16)14-8-7-13-10-4-2-5-10/h3,6,9-10,13H,2,4-5,7-8H2,1H3,(H,14,16). The zero-order chi connectivity index (χ0) is 11.4. The second-order valence-corrected chi connectivity index (χ2v) is 4.34. The van der Waals surface area contributed by atoms with E-state index in [2.05, 4.69) is 10.6 Å².